The van der Waals surface area contributed by atoms with E-state index >= 15 is 0 Å². The summed E-state index contributed by atoms with van der Waals surface area (Å²) in [6.45, 7) is 2.46. The van der Waals surface area contributed by atoms with Crippen molar-refractivity contribution in [3.63, 3.8) is 0 Å². The molecule has 7 nitrogen and oxygen atoms in total. The first-order chi connectivity index (χ1) is 11.2. The van der Waals surface area contributed by atoms with Gasteiger partial charge in [0.25, 0.3) is 5.91 Å². The monoisotopic (exact) mass is 309 g/mol. The smallest absolute Gasteiger partial charge is 0.267 e. The molecule has 0 unspecified atom stereocenters. The van der Waals surface area contributed by atoms with E-state index in [0.29, 0.717) is 24.0 Å². The minimum absolute atomic E-state index is 0.0914. The number of rotatable bonds is 6. The maximum absolute atomic E-state index is 12.1. The Kier molecular flexibility index (Phi) is 5.66. The summed E-state index contributed by atoms with van der Waals surface area (Å²) in [6.07, 6.45) is 4.36. The molecule has 0 aliphatic heterocycles. The van der Waals surface area contributed by atoms with Crippen molar-refractivity contribution in [2.75, 3.05) is 17.2 Å². The molecule has 0 aliphatic carbocycles. The molecule has 1 aromatic heterocycles. The Labute approximate surface area is 133 Å². The van der Waals surface area contributed by atoms with Crippen LogP contribution < -0.4 is 15.4 Å². The molecule has 2 N–H and O–H groups in total. The van der Waals surface area contributed by atoms with E-state index in [2.05, 4.69) is 20.6 Å². The topological polar surface area (TPSA) is 99.9 Å². The van der Waals surface area contributed by atoms with Gasteiger partial charge in [-0.05, 0) is 37.3 Å². The van der Waals surface area contributed by atoms with Crippen molar-refractivity contribution in [1.29, 1.82) is 5.26 Å². The summed E-state index contributed by atoms with van der Waals surface area (Å²) < 4.78 is 5.32. The third-order valence-electron chi connectivity index (χ3n) is 2.70. The molecule has 0 saturated carbocycles. The highest BCUT2D eigenvalue weighted by atomic mass is 16.5. The molecule has 0 fully saturated rings. The fourth-order valence-corrected chi connectivity index (χ4v) is 1.66. The quantitative estimate of drug-likeness (QED) is 0.627. The van der Waals surface area contributed by atoms with E-state index in [0.717, 1.165) is 0 Å². The Balaban J connectivity index is 2.01. The highest BCUT2D eigenvalue weighted by Gasteiger charge is 2.09. The van der Waals surface area contributed by atoms with Crippen LogP contribution in [-0.2, 0) is 4.79 Å². The number of nitrogens with one attached hydrogen (secondary N) is 2. The number of nitrogens with zero attached hydrogens (tertiary/aromatic N) is 3. The summed E-state index contributed by atoms with van der Waals surface area (Å²) >= 11 is 0. The molecule has 0 saturated heterocycles. The largest absolute Gasteiger partial charge is 0.494 e. The van der Waals surface area contributed by atoms with Crippen LogP contribution in [0.15, 0.2) is 54.5 Å². The van der Waals surface area contributed by atoms with E-state index in [4.69, 9.17) is 10.00 Å². The SMILES string of the molecule is CCOc1ccc(NC(=O)/C(C#N)=C\Nc2ncccn2)cc1. The molecule has 0 bridgehead atoms. The van der Waals surface area contributed by atoms with Gasteiger partial charge in [-0.15, -0.1) is 0 Å². The molecular weight excluding hydrogens is 294 g/mol. The van der Waals surface area contributed by atoms with Gasteiger partial charge in [0.15, 0.2) is 0 Å². The van der Waals surface area contributed by atoms with Gasteiger partial charge in [0.1, 0.15) is 17.4 Å². The van der Waals surface area contributed by atoms with Crippen molar-refractivity contribution in [2.45, 2.75) is 6.92 Å². The van der Waals surface area contributed by atoms with E-state index in [-0.39, 0.29) is 5.57 Å². The first-order valence-corrected chi connectivity index (χ1v) is 6.91. The molecule has 0 aliphatic rings. The summed E-state index contributed by atoms with van der Waals surface area (Å²) in [5, 5.41) is 14.4. The average molecular weight is 309 g/mol. The summed E-state index contributed by atoms with van der Waals surface area (Å²) in [4.78, 5) is 19.9. The standard InChI is InChI=1S/C16H15N5O2/c1-2-23-14-6-4-13(5-7-14)21-15(22)12(10-17)11-20-16-18-8-3-9-19-16/h3-9,11H,2H2,1H3,(H,21,22)(H,18,19,20)/b12-11-. The van der Waals surface area contributed by atoms with Gasteiger partial charge in [0.2, 0.25) is 5.95 Å². The maximum atomic E-state index is 12.1. The summed E-state index contributed by atoms with van der Waals surface area (Å²) in [5.74, 6) is 0.485. The van der Waals surface area contributed by atoms with Crippen LogP contribution in [0.3, 0.4) is 0 Å². The highest BCUT2D eigenvalue weighted by Crippen LogP contribution is 2.16. The van der Waals surface area contributed by atoms with E-state index in [1.54, 1.807) is 42.7 Å². The minimum Gasteiger partial charge on any atom is -0.494 e. The van der Waals surface area contributed by atoms with E-state index in [1.807, 2.05) is 13.0 Å². The number of carbonyl (C=O) groups excluding carboxylic acids is 1. The lowest BCUT2D eigenvalue weighted by atomic mass is 10.2. The number of amides is 1. The molecule has 1 aromatic carbocycles. The second-order valence-electron chi connectivity index (χ2n) is 4.30. The fraction of sp³-hybridized carbons (Fsp3) is 0.125. The molecule has 2 rings (SSSR count). The summed E-state index contributed by atoms with van der Waals surface area (Å²) in [5.41, 5.74) is 0.474. The Morgan fingerprint density at radius 1 is 1.30 bits per heavy atom. The molecule has 0 spiro atoms. The Bertz CT molecular complexity index is 720. The zero-order chi connectivity index (χ0) is 16.5. The lowest BCUT2D eigenvalue weighted by molar-refractivity contribution is -0.112. The molecule has 116 valence electrons. The molecular formula is C16H15N5O2. The normalized spacial score (nSPS) is 10.5. The Hall–Kier alpha value is -3.40. The third-order valence-corrected chi connectivity index (χ3v) is 2.70. The second-order valence-corrected chi connectivity index (χ2v) is 4.30. The molecule has 7 heteroatoms. The predicted molar refractivity (Wildman–Crippen MR) is 85.6 cm³/mol. The maximum Gasteiger partial charge on any atom is 0.267 e. The molecule has 1 amide bonds. The zero-order valence-corrected chi connectivity index (χ0v) is 12.5. The van der Waals surface area contributed by atoms with Crippen LogP contribution in [0, 0.1) is 11.3 Å². The van der Waals surface area contributed by atoms with Crippen molar-refractivity contribution < 1.29 is 9.53 Å². The van der Waals surface area contributed by atoms with Crippen LogP contribution in [-0.4, -0.2) is 22.5 Å². The average Bonchev–Trinajstić information content (AvgIpc) is 2.58. The number of hydrogen-bond donors (Lipinski definition) is 2. The molecule has 2 aromatic rings. The van der Waals surface area contributed by atoms with E-state index in [9.17, 15) is 4.79 Å². The summed E-state index contributed by atoms with van der Waals surface area (Å²) in [7, 11) is 0. The van der Waals surface area contributed by atoms with Gasteiger partial charge >= 0.3 is 0 Å². The predicted octanol–water partition coefficient (Wildman–Crippen LogP) is 2.33. The minimum atomic E-state index is -0.528. The third kappa shape index (κ3) is 4.82. The zero-order valence-electron chi connectivity index (χ0n) is 12.5. The van der Waals surface area contributed by atoms with E-state index in [1.165, 1.54) is 6.20 Å². The van der Waals surface area contributed by atoms with Crippen LogP contribution in [0.5, 0.6) is 5.75 Å². The second kappa shape index (κ2) is 8.14. The van der Waals surface area contributed by atoms with Crippen LogP contribution in [0.2, 0.25) is 0 Å². The van der Waals surface area contributed by atoms with Gasteiger partial charge in [-0.3, -0.25) is 4.79 Å². The Morgan fingerprint density at radius 2 is 2.00 bits per heavy atom. The van der Waals surface area contributed by atoms with Gasteiger partial charge in [-0.2, -0.15) is 5.26 Å². The number of carbonyl (C=O) groups is 1. The number of nitriles is 1. The number of benzene rings is 1. The van der Waals surface area contributed by atoms with Crippen LogP contribution >= 0.6 is 0 Å². The summed E-state index contributed by atoms with van der Waals surface area (Å²) in [6, 6.07) is 10.4. The number of aromatic nitrogens is 2. The van der Waals surface area contributed by atoms with Crippen LogP contribution in [0.1, 0.15) is 6.92 Å². The lowest BCUT2D eigenvalue weighted by Gasteiger charge is -2.06. The van der Waals surface area contributed by atoms with Crippen LogP contribution in [0.25, 0.3) is 0 Å². The molecule has 1 heterocycles. The van der Waals surface area contributed by atoms with Gasteiger partial charge in [-0.1, -0.05) is 0 Å². The molecule has 23 heavy (non-hydrogen) atoms. The first-order valence-electron chi connectivity index (χ1n) is 6.91. The van der Waals surface area contributed by atoms with Gasteiger partial charge in [0, 0.05) is 24.3 Å². The van der Waals surface area contributed by atoms with Crippen molar-refractivity contribution in [3.05, 3.63) is 54.5 Å². The van der Waals surface area contributed by atoms with Gasteiger partial charge in [0.05, 0.1) is 6.61 Å². The Morgan fingerprint density at radius 3 is 2.61 bits per heavy atom. The number of anilines is 2. The first kappa shape index (κ1) is 16.0. The fourth-order valence-electron chi connectivity index (χ4n) is 1.66. The van der Waals surface area contributed by atoms with Crippen molar-refractivity contribution >= 4 is 17.5 Å². The van der Waals surface area contributed by atoms with Gasteiger partial charge in [-0.25, -0.2) is 9.97 Å². The molecule has 0 atom stereocenters. The molecule has 0 radical (unpaired) electrons. The highest BCUT2D eigenvalue weighted by molar-refractivity contribution is 6.06. The van der Waals surface area contributed by atoms with Crippen molar-refractivity contribution in [2.24, 2.45) is 0 Å². The van der Waals surface area contributed by atoms with Crippen molar-refractivity contribution in [1.82, 2.24) is 9.97 Å². The van der Waals surface area contributed by atoms with E-state index < -0.39 is 5.91 Å². The number of hydrogen-bond acceptors (Lipinski definition) is 6. The van der Waals surface area contributed by atoms with Gasteiger partial charge < -0.3 is 15.4 Å². The lowest BCUT2D eigenvalue weighted by Crippen LogP contribution is -2.14. The van der Waals surface area contributed by atoms with Crippen molar-refractivity contribution in [3.8, 4) is 11.8 Å². The number of ether oxygens (including phenoxy) is 1. The van der Waals surface area contributed by atoms with Crippen LogP contribution in [0.4, 0.5) is 11.6 Å².